The maximum atomic E-state index is 12.1. The largest absolute Gasteiger partial charge is 0.454 e. The molecule has 0 spiro atoms. The minimum atomic E-state index is -3.43. The molecule has 0 radical (unpaired) electrons. The molecule has 0 amide bonds. The first-order valence-corrected chi connectivity index (χ1v) is 6.75. The Kier molecular flexibility index (Phi) is 2.16. The van der Waals surface area contributed by atoms with Gasteiger partial charge >= 0.3 is 0 Å². The highest BCUT2D eigenvalue weighted by Gasteiger charge is 2.27. The number of ether oxygens (including phenoxy) is 1. The van der Waals surface area contributed by atoms with Crippen LogP contribution in [0.25, 0.3) is 0 Å². The fraction of sp³-hybridized carbons (Fsp3) is 0.0833. The second-order valence-corrected chi connectivity index (χ2v) is 5.68. The minimum absolute atomic E-state index is 0.0104. The number of rotatable bonds is 0. The molecule has 3 rings (SSSR count). The van der Waals surface area contributed by atoms with Crippen molar-refractivity contribution in [3.05, 3.63) is 48.2 Å². The summed E-state index contributed by atoms with van der Waals surface area (Å²) in [4.78, 5) is 3.90. The molecule has 2 heterocycles. The summed E-state index contributed by atoms with van der Waals surface area (Å²) in [6, 6.07) is 10.4. The Morgan fingerprint density at radius 3 is 2.71 bits per heavy atom. The second-order valence-electron chi connectivity index (χ2n) is 3.78. The quantitative estimate of drug-likeness (QED) is 0.715. The van der Waals surface area contributed by atoms with Crippen LogP contribution in [0.3, 0.4) is 0 Å². The summed E-state index contributed by atoms with van der Waals surface area (Å²) in [6.45, 7) is 0. The minimum Gasteiger partial charge on any atom is -0.454 e. The Labute approximate surface area is 98.8 Å². The number of hydrogen-bond donors (Lipinski definition) is 0. The number of nitrogens with zero attached hydrogens (tertiary/aromatic N) is 1. The lowest BCUT2D eigenvalue weighted by Crippen LogP contribution is -2.05. The highest BCUT2D eigenvalue weighted by molar-refractivity contribution is 7.90. The summed E-state index contributed by atoms with van der Waals surface area (Å²) in [7, 11) is -3.43. The fourth-order valence-electron chi connectivity index (χ4n) is 1.80. The van der Waals surface area contributed by atoms with Gasteiger partial charge in [-0.05, 0) is 18.2 Å². The number of sulfone groups is 1. The summed E-state index contributed by atoms with van der Waals surface area (Å²) >= 11 is 0. The first-order chi connectivity index (χ1) is 8.17. The smallest absolute Gasteiger partial charge is 0.203 e. The van der Waals surface area contributed by atoms with Gasteiger partial charge in [-0.2, -0.15) is 0 Å². The van der Waals surface area contributed by atoms with E-state index < -0.39 is 9.84 Å². The van der Waals surface area contributed by atoms with Crippen molar-refractivity contribution in [3.63, 3.8) is 0 Å². The molecule has 0 saturated carbocycles. The Bertz CT molecular complexity index is 680. The van der Waals surface area contributed by atoms with Gasteiger partial charge in [0.2, 0.25) is 9.84 Å². The van der Waals surface area contributed by atoms with Gasteiger partial charge in [0.1, 0.15) is 5.75 Å². The lowest BCUT2D eigenvalue weighted by atomic mass is 10.2. The highest BCUT2D eigenvalue weighted by atomic mass is 32.2. The van der Waals surface area contributed by atoms with E-state index in [1.54, 1.807) is 30.3 Å². The van der Waals surface area contributed by atoms with E-state index in [-0.39, 0.29) is 16.5 Å². The average Bonchev–Trinajstić information content (AvgIpc) is 2.42. The molecule has 1 aliphatic heterocycles. The topological polar surface area (TPSA) is 56.3 Å². The van der Waals surface area contributed by atoms with Crippen LogP contribution in [0, 0.1) is 0 Å². The van der Waals surface area contributed by atoms with Gasteiger partial charge in [-0.25, -0.2) is 13.4 Å². The maximum absolute atomic E-state index is 12.1. The summed E-state index contributed by atoms with van der Waals surface area (Å²) in [5.74, 6) is 0.785. The summed E-state index contributed by atoms with van der Waals surface area (Å²) in [5.41, 5.74) is 0.658. The Morgan fingerprint density at radius 1 is 1.06 bits per heavy atom. The highest BCUT2D eigenvalue weighted by Crippen LogP contribution is 2.35. The number of pyridine rings is 1. The molecular weight excluding hydrogens is 238 g/mol. The third-order valence-electron chi connectivity index (χ3n) is 2.57. The molecule has 0 bridgehead atoms. The van der Waals surface area contributed by atoms with Crippen molar-refractivity contribution in [2.75, 3.05) is 0 Å². The molecule has 0 fully saturated rings. The monoisotopic (exact) mass is 247 g/mol. The van der Waals surface area contributed by atoms with Crippen LogP contribution in [0.15, 0.2) is 47.6 Å². The van der Waals surface area contributed by atoms with Crippen molar-refractivity contribution in [1.29, 1.82) is 0 Å². The van der Waals surface area contributed by atoms with Crippen LogP contribution in [-0.2, 0) is 15.6 Å². The van der Waals surface area contributed by atoms with Gasteiger partial charge in [0.05, 0.1) is 5.75 Å². The van der Waals surface area contributed by atoms with Crippen LogP contribution in [0.4, 0.5) is 0 Å². The second kappa shape index (κ2) is 3.56. The van der Waals surface area contributed by atoms with E-state index in [2.05, 4.69) is 4.98 Å². The van der Waals surface area contributed by atoms with E-state index in [9.17, 15) is 8.42 Å². The number of aromatic nitrogens is 1. The predicted octanol–water partition coefficient (Wildman–Crippen LogP) is 2.16. The van der Waals surface area contributed by atoms with Gasteiger partial charge < -0.3 is 4.74 Å². The van der Waals surface area contributed by atoms with Crippen molar-refractivity contribution >= 4 is 9.84 Å². The van der Waals surface area contributed by atoms with Gasteiger partial charge in [-0.3, -0.25) is 0 Å². The lowest BCUT2D eigenvalue weighted by Gasteiger charge is -2.05. The number of hydrogen-bond acceptors (Lipinski definition) is 4. The third kappa shape index (κ3) is 1.68. The van der Waals surface area contributed by atoms with Crippen LogP contribution >= 0.6 is 0 Å². The van der Waals surface area contributed by atoms with E-state index in [4.69, 9.17) is 4.74 Å². The van der Waals surface area contributed by atoms with Gasteiger partial charge in [0.15, 0.2) is 10.8 Å². The van der Waals surface area contributed by atoms with Crippen molar-refractivity contribution in [2.24, 2.45) is 0 Å². The molecule has 0 unspecified atom stereocenters. The first-order valence-electron chi connectivity index (χ1n) is 5.10. The van der Waals surface area contributed by atoms with Gasteiger partial charge in [-0.15, -0.1) is 0 Å². The zero-order valence-electron chi connectivity index (χ0n) is 8.83. The van der Waals surface area contributed by atoms with Crippen molar-refractivity contribution in [1.82, 2.24) is 4.98 Å². The van der Waals surface area contributed by atoms with Crippen molar-refractivity contribution < 1.29 is 13.2 Å². The normalized spacial score (nSPS) is 16.2. The summed E-state index contributed by atoms with van der Waals surface area (Å²) < 4.78 is 29.8. The SMILES string of the molecule is O=S1(=O)Cc2ccccc2Oc2cccnc21. The molecule has 1 aromatic heterocycles. The van der Waals surface area contributed by atoms with Crippen molar-refractivity contribution in [2.45, 2.75) is 10.8 Å². The standard InChI is InChI=1S/C12H9NO3S/c14-17(15)8-9-4-1-2-5-10(9)16-11-6-3-7-13-12(11)17/h1-7H,8H2. The third-order valence-corrected chi connectivity index (χ3v) is 4.16. The van der Waals surface area contributed by atoms with Gasteiger partial charge in [-0.1, -0.05) is 18.2 Å². The summed E-state index contributed by atoms with van der Waals surface area (Å²) in [5, 5.41) is 0.0104. The van der Waals surface area contributed by atoms with Crippen LogP contribution in [0.5, 0.6) is 11.5 Å². The van der Waals surface area contributed by atoms with E-state index >= 15 is 0 Å². The number of fused-ring (bicyclic) bond motifs is 2. The molecule has 5 heteroatoms. The molecular formula is C12H9NO3S. The molecule has 17 heavy (non-hydrogen) atoms. The molecule has 86 valence electrons. The lowest BCUT2D eigenvalue weighted by molar-refractivity contribution is 0.463. The predicted molar refractivity (Wildman–Crippen MR) is 61.6 cm³/mol. The zero-order valence-corrected chi connectivity index (χ0v) is 9.65. The Hall–Kier alpha value is -1.88. The Balaban J connectivity index is 2.28. The summed E-state index contributed by atoms with van der Waals surface area (Å²) in [6.07, 6.45) is 1.45. The average molecular weight is 247 g/mol. The van der Waals surface area contributed by atoms with E-state index in [0.29, 0.717) is 11.3 Å². The van der Waals surface area contributed by atoms with Crippen LogP contribution < -0.4 is 4.74 Å². The fourth-order valence-corrected chi connectivity index (χ4v) is 3.22. The zero-order chi connectivity index (χ0) is 11.9. The molecule has 0 N–H and O–H groups in total. The van der Waals surface area contributed by atoms with Crippen LogP contribution in [-0.4, -0.2) is 13.4 Å². The van der Waals surface area contributed by atoms with Crippen molar-refractivity contribution in [3.8, 4) is 11.5 Å². The number of benzene rings is 1. The molecule has 0 atom stereocenters. The van der Waals surface area contributed by atoms with E-state index in [1.165, 1.54) is 6.20 Å². The molecule has 1 aliphatic rings. The van der Waals surface area contributed by atoms with Crippen LogP contribution in [0.1, 0.15) is 5.56 Å². The molecule has 0 saturated heterocycles. The molecule has 0 aliphatic carbocycles. The molecule has 4 nitrogen and oxygen atoms in total. The molecule has 2 aromatic rings. The van der Waals surface area contributed by atoms with E-state index in [1.807, 2.05) is 6.07 Å². The van der Waals surface area contributed by atoms with Crippen LogP contribution in [0.2, 0.25) is 0 Å². The number of para-hydroxylation sites is 1. The van der Waals surface area contributed by atoms with E-state index in [0.717, 1.165) is 0 Å². The van der Waals surface area contributed by atoms with Gasteiger partial charge in [0.25, 0.3) is 0 Å². The van der Waals surface area contributed by atoms with Gasteiger partial charge in [0, 0.05) is 11.8 Å². The maximum Gasteiger partial charge on any atom is 0.203 e. The molecule has 1 aromatic carbocycles. The first kappa shape index (κ1) is 10.3. The Morgan fingerprint density at radius 2 is 1.82 bits per heavy atom.